The van der Waals surface area contributed by atoms with Crippen LogP contribution in [-0.4, -0.2) is 31.7 Å². The van der Waals surface area contributed by atoms with Crippen LogP contribution in [0.1, 0.15) is 23.0 Å². The summed E-state index contributed by atoms with van der Waals surface area (Å²) in [5, 5.41) is 9.47. The van der Waals surface area contributed by atoms with E-state index in [1.54, 1.807) is 12.1 Å². The molecule has 0 amide bonds. The average Bonchev–Trinajstić information content (AvgIpc) is 2.26. The Bertz CT molecular complexity index is 526. The van der Waals surface area contributed by atoms with Crippen molar-refractivity contribution >= 4 is 15.8 Å². The third-order valence-electron chi connectivity index (χ3n) is 3.02. The number of fused-ring (bicyclic) bond motifs is 1. The zero-order valence-electron chi connectivity index (χ0n) is 9.50. The minimum absolute atomic E-state index is 0.210. The maximum absolute atomic E-state index is 10.9. The summed E-state index contributed by atoms with van der Waals surface area (Å²) in [6.07, 6.45) is 1.85. The maximum Gasteiger partial charge on any atom is 0.296 e. The first kappa shape index (κ1) is 12.3. The molecule has 2 rings (SSSR count). The summed E-state index contributed by atoms with van der Waals surface area (Å²) in [5.74, 6) is 0. The number of rotatable bonds is 2. The summed E-state index contributed by atoms with van der Waals surface area (Å²) >= 11 is 0. The molecule has 0 spiro atoms. The van der Waals surface area contributed by atoms with Crippen LogP contribution in [0.2, 0.25) is 0 Å². The molecule has 0 fully saturated rings. The molecule has 0 saturated carbocycles. The Hall–Kier alpha value is -1.11. The van der Waals surface area contributed by atoms with E-state index in [-0.39, 0.29) is 5.56 Å². The first-order valence-corrected chi connectivity index (χ1v) is 6.88. The highest BCUT2D eigenvalue weighted by Gasteiger charge is 2.23. The quantitative estimate of drug-likeness (QED) is 0.771. The molecular weight excluding hydrogens is 242 g/mol. The Labute approximate surface area is 100 Å². The average molecular weight is 257 g/mol. The van der Waals surface area contributed by atoms with Crippen LogP contribution in [0.5, 0.6) is 0 Å². The van der Waals surface area contributed by atoms with E-state index in [1.807, 2.05) is 7.05 Å². The topological polar surface area (TPSA) is 77.8 Å². The highest BCUT2D eigenvalue weighted by molar-refractivity contribution is 7.85. The molecule has 0 saturated heterocycles. The summed E-state index contributed by atoms with van der Waals surface area (Å²) in [7, 11) is -2.48. The molecule has 0 aromatic heterocycles. The van der Waals surface area contributed by atoms with Gasteiger partial charge in [-0.2, -0.15) is 8.42 Å². The van der Waals surface area contributed by atoms with Crippen molar-refractivity contribution in [3.8, 4) is 0 Å². The molecule has 94 valence electrons. The second-order valence-corrected chi connectivity index (χ2v) is 5.76. The second-order valence-electron chi connectivity index (χ2n) is 4.28. The molecule has 0 aliphatic carbocycles. The van der Waals surface area contributed by atoms with Gasteiger partial charge in [-0.25, -0.2) is 0 Å². The number of hydrogen-bond donors (Lipinski definition) is 2. The largest absolute Gasteiger partial charge is 0.374 e. The summed E-state index contributed by atoms with van der Waals surface area (Å²) < 4.78 is 30.5. The van der Waals surface area contributed by atoms with Crippen LogP contribution in [0, 0.1) is 0 Å². The van der Waals surface area contributed by atoms with Gasteiger partial charge in [-0.3, -0.25) is 4.55 Å². The van der Waals surface area contributed by atoms with Gasteiger partial charge in [0.1, 0.15) is 0 Å². The van der Waals surface area contributed by atoms with Gasteiger partial charge < -0.3 is 10.0 Å². The molecule has 1 aliphatic heterocycles. The van der Waals surface area contributed by atoms with Crippen LogP contribution in [0.3, 0.4) is 0 Å². The van der Waals surface area contributed by atoms with E-state index in [1.165, 1.54) is 6.07 Å². The Morgan fingerprint density at radius 1 is 1.41 bits per heavy atom. The fraction of sp³-hybridized carbons (Fsp3) is 0.455. The minimum atomic E-state index is -4.45. The van der Waals surface area contributed by atoms with Crippen LogP contribution >= 0.6 is 0 Å². The molecular formula is C11H15NO4S. The summed E-state index contributed by atoms with van der Waals surface area (Å²) in [6, 6.07) is 4.95. The lowest BCUT2D eigenvalue weighted by molar-refractivity contribution is 0.238. The molecule has 5 nitrogen and oxygen atoms in total. The monoisotopic (exact) mass is 257 g/mol. The molecule has 17 heavy (non-hydrogen) atoms. The molecule has 1 aliphatic rings. The van der Waals surface area contributed by atoms with E-state index >= 15 is 0 Å². The van der Waals surface area contributed by atoms with Crippen LogP contribution < -0.4 is 4.90 Å². The number of aliphatic hydroxyl groups excluding tert-OH is 1. The molecule has 1 aromatic rings. The number of aliphatic hydroxyl groups is 1. The van der Waals surface area contributed by atoms with Crippen molar-refractivity contribution in [2.75, 3.05) is 18.5 Å². The lowest BCUT2D eigenvalue weighted by Gasteiger charge is -2.28. The molecule has 0 bridgehead atoms. The van der Waals surface area contributed by atoms with E-state index in [0.717, 1.165) is 30.6 Å². The van der Waals surface area contributed by atoms with E-state index in [4.69, 9.17) is 4.55 Å². The normalized spacial score (nSPS) is 17.7. The Morgan fingerprint density at radius 3 is 2.76 bits per heavy atom. The summed E-state index contributed by atoms with van der Waals surface area (Å²) in [5.41, 5.74) is 0.392. The fourth-order valence-electron chi connectivity index (χ4n) is 2.13. The lowest BCUT2D eigenvalue weighted by Crippen LogP contribution is -2.25. The molecule has 0 radical (unpaired) electrons. The minimum Gasteiger partial charge on any atom is -0.374 e. The zero-order chi connectivity index (χ0) is 12.6. The van der Waals surface area contributed by atoms with Gasteiger partial charge in [0, 0.05) is 19.3 Å². The van der Waals surface area contributed by atoms with Crippen molar-refractivity contribution < 1.29 is 18.1 Å². The molecule has 1 aromatic carbocycles. The molecule has 1 heterocycles. The van der Waals surface area contributed by atoms with Crippen LogP contribution in [-0.2, 0) is 16.5 Å². The van der Waals surface area contributed by atoms with Gasteiger partial charge in [-0.1, -0.05) is 6.07 Å². The standard InChI is InChI=1S/C11H15NO4S/c1-12-6-2-3-8-7-9(4-5-10(8)12)11(13)17(14,15)16/h4-5,7,11,13H,2-3,6H2,1H3,(H,14,15,16). The van der Waals surface area contributed by atoms with Crippen LogP contribution in [0.4, 0.5) is 5.69 Å². The highest BCUT2D eigenvalue weighted by atomic mass is 32.2. The van der Waals surface area contributed by atoms with Crippen molar-refractivity contribution in [1.29, 1.82) is 0 Å². The maximum atomic E-state index is 10.9. The van der Waals surface area contributed by atoms with Gasteiger partial charge in [-0.05, 0) is 36.1 Å². The van der Waals surface area contributed by atoms with Gasteiger partial charge >= 0.3 is 0 Å². The van der Waals surface area contributed by atoms with Gasteiger partial charge in [-0.15, -0.1) is 0 Å². The van der Waals surface area contributed by atoms with E-state index < -0.39 is 15.6 Å². The van der Waals surface area contributed by atoms with Crippen molar-refractivity contribution in [3.63, 3.8) is 0 Å². The van der Waals surface area contributed by atoms with Gasteiger partial charge in [0.25, 0.3) is 10.1 Å². The lowest BCUT2D eigenvalue weighted by atomic mass is 10.00. The predicted octanol–water partition coefficient (Wildman–Crippen LogP) is 0.948. The third-order valence-corrected chi connectivity index (χ3v) is 3.86. The number of benzene rings is 1. The Balaban J connectivity index is 2.40. The van der Waals surface area contributed by atoms with Crippen LogP contribution in [0.25, 0.3) is 0 Å². The smallest absolute Gasteiger partial charge is 0.296 e. The van der Waals surface area contributed by atoms with Gasteiger partial charge in [0.15, 0.2) is 0 Å². The molecule has 1 unspecified atom stereocenters. The second kappa shape index (κ2) is 4.29. The number of aryl methyl sites for hydroxylation is 1. The molecule has 6 heteroatoms. The van der Waals surface area contributed by atoms with E-state index in [2.05, 4.69) is 4.90 Å². The van der Waals surface area contributed by atoms with Crippen molar-refractivity contribution in [1.82, 2.24) is 0 Å². The number of hydrogen-bond acceptors (Lipinski definition) is 4. The Kier molecular flexibility index (Phi) is 3.11. The molecule has 1 atom stereocenters. The number of anilines is 1. The number of nitrogens with zero attached hydrogens (tertiary/aromatic N) is 1. The van der Waals surface area contributed by atoms with Crippen molar-refractivity contribution in [2.45, 2.75) is 18.3 Å². The predicted molar refractivity (Wildman–Crippen MR) is 64.5 cm³/mol. The fourth-order valence-corrected chi connectivity index (χ4v) is 2.62. The van der Waals surface area contributed by atoms with Crippen LogP contribution in [0.15, 0.2) is 18.2 Å². The Morgan fingerprint density at radius 2 is 2.12 bits per heavy atom. The van der Waals surface area contributed by atoms with E-state index in [0.29, 0.717) is 0 Å². The SMILES string of the molecule is CN1CCCc2cc(C(O)S(=O)(=O)O)ccc21. The van der Waals surface area contributed by atoms with Gasteiger partial charge in [0.05, 0.1) is 0 Å². The van der Waals surface area contributed by atoms with Crippen molar-refractivity contribution in [2.24, 2.45) is 0 Å². The summed E-state index contributed by atoms with van der Waals surface area (Å²) in [4.78, 5) is 2.09. The molecule has 2 N–H and O–H groups in total. The zero-order valence-corrected chi connectivity index (χ0v) is 10.3. The first-order valence-electron chi connectivity index (χ1n) is 5.38. The third kappa shape index (κ3) is 2.43. The summed E-state index contributed by atoms with van der Waals surface area (Å²) in [6.45, 7) is 0.965. The van der Waals surface area contributed by atoms with E-state index in [9.17, 15) is 13.5 Å². The first-order chi connectivity index (χ1) is 7.89. The van der Waals surface area contributed by atoms with Gasteiger partial charge in [0.2, 0.25) is 5.44 Å². The van der Waals surface area contributed by atoms with Crippen molar-refractivity contribution in [3.05, 3.63) is 29.3 Å². The highest BCUT2D eigenvalue weighted by Crippen LogP contribution is 2.29.